The molecule has 4 rings (SSSR count). The summed E-state index contributed by atoms with van der Waals surface area (Å²) >= 11 is 0. The normalized spacial score (nSPS) is 39.3. The predicted octanol–water partition coefficient (Wildman–Crippen LogP) is 9.18. The zero-order chi connectivity index (χ0) is 28.7. The Morgan fingerprint density at radius 2 is 1.47 bits per heavy atom. The van der Waals surface area contributed by atoms with E-state index in [-0.39, 0.29) is 39.2 Å². The van der Waals surface area contributed by atoms with Crippen LogP contribution in [-0.4, -0.2) is 40.1 Å². The Hall–Kier alpha value is -0.466. The van der Waals surface area contributed by atoms with Gasteiger partial charge in [0.25, 0.3) is 0 Å². The molecule has 5 heteroatoms. The third kappa shape index (κ3) is 4.74. The van der Waals surface area contributed by atoms with Crippen molar-refractivity contribution in [2.24, 2.45) is 22.7 Å². The van der Waals surface area contributed by atoms with Crippen LogP contribution in [0.2, 0.25) is 36.3 Å². The second kappa shape index (κ2) is 9.54. The highest BCUT2D eigenvalue weighted by Crippen LogP contribution is 2.65. The summed E-state index contributed by atoms with van der Waals surface area (Å²) in [6.45, 7) is 30.8. The molecule has 38 heavy (non-hydrogen) atoms. The van der Waals surface area contributed by atoms with Gasteiger partial charge in [0.1, 0.15) is 0 Å². The van der Waals surface area contributed by atoms with Crippen LogP contribution in [0.5, 0.6) is 0 Å². The van der Waals surface area contributed by atoms with E-state index in [1.807, 2.05) is 0 Å². The third-order valence-corrected chi connectivity index (χ3v) is 21.3. The van der Waals surface area contributed by atoms with Gasteiger partial charge in [-0.05, 0) is 98.1 Å². The van der Waals surface area contributed by atoms with Gasteiger partial charge in [-0.25, -0.2) is 0 Å². The lowest BCUT2D eigenvalue weighted by molar-refractivity contribution is -0.0381. The molecule has 0 spiro atoms. The molecule has 3 fully saturated rings. The minimum atomic E-state index is -2.01. The lowest BCUT2D eigenvalue weighted by atomic mass is 9.50. The van der Waals surface area contributed by atoms with E-state index in [1.54, 1.807) is 11.1 Å². The summed E-state index contributed by atoms with van der Waals surface area (Å²) in [6, 6.07) is 0. The van der Waals surface area contributed by atoms with Crippen LogP contribution in [0.1, 0.15) is 94.4 Å². The smallest absolute Gasteiger partial charge is 0.192 e. The summed E-state index contributed by atoms with van der Waals surface area (Å²) in [5, 5.41) is 11.4. The average molecular weight is 559 g/mol. The molecule has 3 nitrogen and oxygen atoms in total. The number of hydrogen-bond donors (Lipinski definition) is 1. The SMILES string of the molecule is C/C=C1/[C@@H](O)C[C@H]2C3=CC=C4C[C@@H](O[Si](C)(C)C(C)(C)C)C[C@H](O[Si](C)(C)C(C)(C)C)[C@]4(C)[C@H]3CC[C@]12C. The van der Waals surface area contributed by atoms with E-state index in [9.17, 15) is 5.11 Å². The van der Waals surface area contributed by atoms with E-state index >= 15 is 0 Å². The van der Waals surface area contributed by atoms with Crippen molar-refractivity contribution in [2.75, 3.05) is 0 Å². The zero-order valence-corrected chi connectivity index (χ0v) is 28.9. The van der Waals surface area contributed by atoms with Gasteiger partial charge in [-0.1, -0.05) is 84.8 Å². The van der Waals surface area contributed by atoms with Crippen LogP contribution < -0.4 is 0 Å². The molecule has 0 bridgehead atoms. The molecule has 4 aliphatic rings. The topological polar surface area (TPSA) is 38.7 Å². The lowest BCUT2D eigenvalue weighted by Crippen LogP contribution is -2.58. The van der Waals surface area contributed by atoms with Crippen molar-refractivity contribution in [1.82, 2.24) is 0 Å². The second-order valence-electron chi connectivity index (χ2n) is 16.5. The summed E-state index contributed by atoms with van der Waals surface area (Å²) < 4.78 is 14.5. The van der Waals surface area contributed by atoms with Gasteiger partial charge in [0.15, 0.2) is 16.6 Å². The van der Waals surface area contributed by atoms with E-state index in [0.717, 1.165) is 25.7 Å². The van der Waals surface area contributed by atoms with Crippen LogP contribution in [0.25, 0.3) is 0 Å². The van der Waals surface area contributed by atoms with Crippen molar-refractivity contribution >= 4 is 16.6 Å². The molecule has 0 aromatic carbocycles. The van der Waals surface area contributed by atoms with E-state index in [2.05, 4.69) is 107 Å². The summed E-state index contributed by atoms with van der Waals surface area (Å²) in [5.74, 6) is 0.902. The molecule has 3 saturated carbocycles. The van der Waals surface area contributed by atoms with Gasteiger partial charge in [-0.2, -0.15) is 0 Å². The van der Waals surface area contributed by atoms with E-state index in [4.69, 9.17) is 8.85 Å². The Kier molecular flexibility index (Phi) is 7.66. The molecular formula is C33H58O3Si2. The molecule has 216 valence electrons. The van der Waals surface area contributed by atoms with Crippen molar-refractivity contribution in [2.45, 2.75) is 149 Å². The first-order chi connectivity index (χ1) is 17.2. The molecule has 7 atom stereocenters. The lowest BCUT2D eigenvalue weighted by Gasteiger charge is -2.59. The highest BCUT2D eigenvalue weighted by atomic mass is 28.4. The first kappa shape index (κ1) is 30.5. The second-order valence-corrected chi connectivity index (χ2v) is 26.0. The van der Waals surface area contributed by atoms with Crippen LogP contribution in [0.4, 0.5) is 0 Å². The van der Waals surface area contributed by atoms with E-state index in [1.165, 1.54) is 12.0 Å². The van der Waals surface area contributed by atoms with Crippen molar-refractivity contribution < 1.29 is 14.0 Å². The Balaban J connectivity index is 1.76. The number of rotatable bonds is 4. The fraction of sp³-hybridized carbons (Fsp3) is 0.818. The molecule has 0 aliphatic heterocycles. The maximum Gasteiger partial charge on any atom is 0.192 e. The van der Waals surface area contributed by atoms with Crippen LogP contribution >= 0.6 is 0 Å². The molecule has 0 heterocycles. The largest absolute Gasteiger partial charge is 0.414 e. The van der Waals surface area contributed by atoms with Crippen molar-refractivity contribution in [3.05, 3.63) is 34.9 Å². The quantitative estimate of drug-likeness (QED) is 0.276. The molecule has 4 aliphatic carbocycles. The van der Waals surface area contributed by atoms with Gasteiger partial charge in [0, 0.05) is 5.41 Å². The van der Waals surface area contributed by atoms with Crippen LogP contribution in [0.3, 0.4) is 0 Å². The van der Waals surface area contributed by atoms with E-state index in [0.29, 0.717) is 11.8 Å². The number of aliphatic hydroxyl groups is 1. The molecule has 0 unspecified atom stereocenters. The summed E-state index contributed by atoms with van der Waals surface area (Å²) in [5.41, 5.74) is 4.45. The van der Waals surface area contributed by atoms with Gasteiger partial charge in [-0.15, -0.1) is 0 Å². The Labute approximate surface area is 236 Å². The maximum atomic E-state index is 11.0. The van der Waals surface area contributed by atoms with Gasteiger partial charge in [0.2, 0.25) is 0 Å². The van der Waals surface area contributed by atoms with E-state index < -0.39 is 16.6 Å². The summed E-state index contributed by atoms with van der Waals surface area (Å²) in [6.07, 6.45) is 12.4. The standard InChI is InChI=1S/C33H58O3Si2/c1-14-25-28(34)21-27-24-16-15-22-19-23(35-37(10,11)30(2,3)4)20-29(36-38(12,13)31(5,6)7)33(22,9)26(24)17-18-32(25,27)8/h14-16,23,26-29,34H,17-21H2,1-13H3/b25-14-/t23-,26+,27+,28+,29+,32-,33+/m1/s1. The minimum Gasteiger partial charge on any atom is -0.414 e. The first-order valence-corrected chi connectivity index (χ1v) is 21.1. The molecule has 0 aromatic rings. The maximum absolute atomic E-state index is 11.0. The van der Waals surface area contributed by atoms with Gasteiger partial charge in [0.05, 0.1) is 18.3 Å². The molecular weight excluding hydrogens is 501 g/mol. The molecule has 0 saturated heterocycles. The van der Waals surface area contributed by atoms with Gasteiger partial charge >= 0.3 is 0 Å². The Morgan fingerprint density at radius 1 is 0.895 bits per heavy atom. The molecule has 1 N–H and O–H groups in total. The van der Waals surface area contributed by atoms with Gasteiger partial charge in [-0.3, -0.25) is 0 Å². The van der Waals surface area contributed by atoms with Crippen molar-refractivity contribution in [3.8, 4) is 0 Å². The Bertz CT molecular complexity index is 1020. The number of hydrogen-bond acceptors (Lipinski definition) is 3. The predicted molar refractivity (Wildman–Crippen MR) is 166 cm³/mol. The number of aliphatic hydroxyl groups excluding tert-OH is 1. The van der Waals surface area contributed by atoms with Crippen molar-refractivity contribution in [3.63, 3.8) is 0 Å². The summed E-state index contributed by atoms with van der Waals surface area (Å²) in [4.78, 5) is 0. The number of fused-ring (bicyclic) bond motifs is 5. The minimum absolute atomic E-state index is 0.0160. The molecule has 0 radical (unpaired) electrons. The van der Waals surface area contributed by atoms with Crippen molar-refractivity contribution in [1.29, 1.82) is 0 Å². The monoisotopic (exact) mass is 558 g/mol. The average Bonchev–Trinajstić information content (AvgIpc) is 3.02. The third-order valence-electron chi connectivity index (χ3n) is 12.3. The molecule has 0 aromatic heterocycles. The number of allylic oxidation sites excluding steroid dienone is 4. The van der Waals surface area contributed by atoms with Crippen LogP contribution in [0, 0.1) is 22.7 Å². The van der Waals surface area contributed by atoms with Crippen LogP contribution in [0.15, 0.2) is 34.9 Å². The first-order valence-electron chi connectivity index (χ1n) is 15.3. The Morgan fingerprint density at radius 3 is 2.03 bits per heavy atom. The van der Waals surface area contributed by atoms with Crippen LogP contribution in [-0.2, 0) is 8.85 Å². The van der Waals surface area contributed by atoms with Gasteiger partial charge < -0.3 is 14.0 Å². The highest BCUT2D eigenvalue weighted by molar-refractivity contribution is 6.74. The summed E-state index contributed by atoms with van der Waals surface area (Å²) in [7, 11) is -3.91. The highest BCUT2D eigenvalue weighted by Gasteiger charge is 2.60. The fourth-order valence-corrected chi connectivity index (χ4v) is 10.6. The zero-order valence-electron chi connectivity index (χ0n) is 26.9. The molecule has 0 amide bonds. The fourth-order valence-electron chi connectivity index (χ4n) is 7.79.